The first-order chi connectivity index (χ1) is 16.0. The van der Waals surface area contributed by atoms with E-state index in [1.807, 2.05) is 60.7 Å². The molecule has 0 fully saturated rings. The predicted molar refractivity (Wildman–Crippen MR) is 132 cm³/mol. The van der Waals surface area contributed by atoms with Gasteiger partial charge >= 0.3 is 0 Å². The van der Waals surface area contributed by atoms with E-state index in [0.717, 1.165) is 21.0 Å². The van der Waals surface area contributed by atoms with Crippen LogP contribution in [0.4, 0.5) is 10.7 Å². The molecule has 0 aliphatic heterocycles. The van der Waals surface area contributed by atoms with E-state index in [0.29, 0.717) is 16.0 Å². The number of nitro benzene ring substituents is 1. The fourth-order valence-corrected chi connectivity index (χ4v) is 4.91. The number of rotatable bonds is 4. The third-order valence-corrected chi connectivity index (χ3v) is 6.51. The van der Waals surface area contributed by atoms with Crippen molar-refractivity contribution in [1.29, 1.82) is 0 Å². The van der Waals surface area contributed by atoms with Crippen LogP contribution in [-0.4, -0.2) is 10.8 Å². The molecule has 7 heteroatoms. The first-order valence-electron chi connectivity index (χ1n) is 10.1. The zero-order valence-corrected chi connectivity index (χ0v) is 18.0. The van der Waals surface area contributed by atoms with E-state index in [2.05, 4.69) is 5.32 Å². The maximum absolute atomic E-state index is 13.6. The minimum Gasteiger partial charge on any atom is -0.313 e. The van der Waals surface area contributed by atoms with Gasteiger partial charge in [-0.05, 0) is 40.6 Å². The summed E-state index contributed by atoms with van der Waals surface area (Å²) in [4.78, 5) is 37.0. The fourth-order valence-electron chi connectivity index (χ4n) is 3.83. The van der Waals surface area contributed by atoms with Gasteiger partial charge in [0.2, 0.25) is 0 Å². The molecule has 1 aromatic heterocycles. The van der Waals surface area contributed by atoms with Gasteiger partial charge in [0.05, 0.1) is 10.5 Å². The van der Waals surface area contributed by atoms with Crippen LogP contribution >= 0.6 is 11.3 Å². The molecular formula is C26H16N2O4S. The third-order valence-electron chi connectivity index (χ3n) is 5.42. The number of benzene rings is 4. The summed E-state index contributed by atoms with van der Waals surface area (Å²) < 4.78 is 0.755. The smallest absolute Gasteiger partial charge is 0.269 e. The molecule has 160 valence electrons. The molecule has 4 aromatic carbocycles. The van der Waals surface area contributed by atoms with Crippen molar-refractivity contribution in [3.8, 4) is 11.1 Å². The first-order valence-corrected chi connectivity index (χ1v) is 10.9. The number of carbonyl (C=O) groups is 1. The Labute approximate surface area is 191 Å². The van der Waals surface area contributed by atoms with Gasteiger partial charge in [-0.15, -0.1) is 11.3 Å². The highest BCUT2D eigenvalue weighted by molar-refractivity contribution is 7.22. The topological polar surface area (TPSA) is 89.3 Å². The number of nitro groups is 1. The lowest BCUT2D eigenvalue weighted by Crippen LogP contribution is -2.15. The van der Waals surface area contributed by atoms with Crippen LogP contribution in [0.2, 0.25) is 0 Å². The monoisotopic (exact) mass is 452 g/mol. The number of nitrogens with one attached hydrogen (secondary N) is 1. The van der Waals surface area contributed by atoms with Crippen LogP contribution in [0.3, 0.4) is 0 Å². The van der Waals surface area contributed by atoms with Crippen LogP contribution in [0.15, 0.2) is 95.8 Å². The van der Waals surface area contributed by atoms with Crippen molar-refractivity contribution in [3.05, 3.63) is 117 Å². The van der Waals surface area contributed by atoms with Gasteiger partial charge in [-0.2, -0.15) is 0 Å². The van der Waals surface area contributed by atoms with Gasteiger partial charge in [0.15, 0.2) is 5.43 Å². The summed E-state index contributed by atoms with van der Waals surface area (Å²) in [6.07, 6.45) is 0. The Balaban J connectivity index is 1.69. The normalized spacial score (nSPS) is 10.9. The Hall–Kier alpha value is -4.36. The Morgan fingerprint density at radius 3 is 2.24 bits per heavy atom. The van der Waals surface area contributed by atoms with Crippen LogP contribution in [-0.2, 0) is 0 Å². The fraction of sp³-hybridized carbons (Fsp3) is 0. The number of amides is 1. The average molecular weight is 452 g/mol. The van der Waals surface area contributed by atoms with E-state index in [1.54, 1.807) is 6.07 Å². The van der Waals surface area contributed by atoms with Gasteiger partial charge in [0.25, 0.3) is 11.6 Å². The Bertz CT molecular complexity index is 1600. The summed E-state index contributed by atoms with van der Waals surface area (Å²) in [6, 6.07) is 26.2. The summed E-state index contributed by atoms with van der Waals surface area (Å²) >= 11 is 1.32. The van der Waals surface area contributed by atoms with Gasteiger partial charge in [0.1, 0.15) is 5.00 Å². The highest BCUT2D eigenvalue weighted by Gasteiger charge is 2.19. The molecule has 1 N–H and O–H groups in total. The number of fused-ring (bicyclic) bond motifs is 2. The summed E-state index contributed by atoms with van der Waals surface area (Å²) in [6.45, 7) is 0. The number of anilines is 1. The van der Waals surface area contributed by atoms with Crippen LogP contribution in [0.25, 0.3) is 32.0 Å². The van der Waals surface area contributed by atoms with Crippen molar-refractivity contribution in [2.75, 3.05) is 5.32 Å². The zero-order chi connectivity index (χ0) is 22.9. The number of hydrogen-bond acceptors (Lipinski definition) is 5. The molecule has 5 aromatic rings. The summed E-state index contributed by atoms with van der Waals surface area (Å²) in [5, 5.41) is 16.7. The minimum atomic E-state index is -0.518. The van der Waals surface area contributed by atoms with E-state index < -0.39 is 10.8 Å². The standard InChI is InChI=1S/C26H16N2O4S/c29-24-21-9-3-4-11-22(21)33-26(27-25(30)17-12-14-18(15-13-17)28(31)32)23(24)20-10-5-7-16-6-1-2-8-19(16)20/h1-15H,(H,27,30). The summed E-state index contributed by atoms with van der Waals surface area (Å²) in [5.74, 6) is -0.447. The van der Waals surface area contributed by atoms with Crippen LogP contribution in [0.5, 0.6) is 0 Å². The molecule has 0 spiro atoms. The van der Waals surface area contributed by atoms with E-state index in [1.165, 1.54) is 35.6 Å². The van der Waals surface area contributed by atoms with Crippen molar-refractivity contribution < 1.29 is 9.72 Å². The SMILES string of the molecule is O=C(Nc1sc2ccccc2c(=O)c1-c1cccc2ccccc12)c1ccc([N+](=O)[O-])cc1. The summed E-state index contributed by atoms with van der Waals surface area (Å²) in [5.41, 5.74) is 1.15. The number of carbonyl (C=O) groups excluding carboxylic acids is 1. The molecule has 1 amide bonds. The summed E-state index contributed by atoms with van der Waals surface area (Å²) in [7, 11) is 0. The highest BCUT2D eigenvalue weighted by Crippen LogP contribution is 2.37. The van der Waals surface area contributed by atoms with Crippen LogP contribution < -0.4 is 10.7 Å². The van der Waals surface area contributed by atoms with Crippen molar-refractivity contribution >= 4 is 48.8 Å². The molecule has 0 atom stereocenters. The van der Waals surface area contributed by atoms with Crippen molar-refractivity contribution in [2.45, 2.75) is 0 Å². The first kappa shape index (κ1) is 20.5. The predicted octanol–water partition coefficient (Wildman–Crippen LogP) is 6.24. The molecule has 0 saturated heterocycles. The second-order valence-electron chi connectivity index (χ2n) is 7.42. The maximum atomic E-state index is 13.6. The minimum absolute atomic E-state index is 0.0987. The van der Waals surface area contributed by atoms with E-state index in [-0.39, 0.29) is 16.7 Å². The van der Waals surface area contributed by atoms with Gasteiger partial charge in [0, 0.05) is 27.8 Å². The van der Waals surface area contributed by atoms with E-state index in [9.17, 15) is 19.7 Å². The quantitative estimate of drug-likeness (QED) is 0.258. The molecule has 0 aliphatic rings. The molecule has 1 heterocycles. The van der Waals surface area contributed by atoms with Crippen LogP contribution in [0.1, 0.15) is 10.4 Å². The van der Waals surface area contributed by atoms with Crippen LogP contribution in [0, 0.1) is 10.1 Å². The van der Waals surface area contributed by atoms with E-state index in [4.69, 9.17) is 0 Å². The van der Waals surface area contributed by atoms with Crippen molar-refractivity contribution in [3.63, 3.8) is 0 Å². The number of hydrogen-bond donors (Lipinski definition) is 1. The molecule has 6 nitrogen and oxygen atoms in total. The zero-order valence-electron chi connectivity index (χ0n) is 17.1. The molecule has 5 rings (SSSR count). The lowest BCUT2D eigenvalue weighted by Gasteiger charge is -2.14. The second-order valence-corrected chi connectivity index (χ2v) is 8.47. The average Bonchev–Trinajstić information content (AvgIpc) is 2.84. The molecule has 0 aliphatic carbocycles. The third kappa shape index (κ3) is 3.75. The molecule has 0 radical (unpaired) electrons. The molecule has 0 unspecified atom stereocenters. The Morgan fingerprint density at radius 2 is 1.48 bits per heavy atom. The highest BCUT2D eigenvalue weighted by atomic mass is 32.1. The Kier molecular flexibility index (Phi) is 5.16. The second kappa shape index (κ2) is 8.29. The lowest BCUT2D eigenvalue weighted by atomic mass is 9.98. The van der Waals surface area contributed by atoms with Gasteiger partial charge in [-0.25, -0.2) is 0 Å². The molecule has 33 heavy (non-hydrogen) atoms. The van der Waals surface area contributed by atoms with Crippen molar-refractivity contribution in [2.24, 2.45) is 0 Å². The van der Waals surface area contributed by atoms with Gasteiger partial charge in [-0.3, -0.25) is 19.7 Å². The lowest BCUT2D eigenvalue weighted by molar-refractivity contribution is -0.384. The van der Waals surface area contributed by atoms with Gasteiger partial charge in [-0.1, -0.05) is 54.6 Å². The molecule has 0 bridgehead atoms. The number of non-ortho nitro benzene ring substituents is 1. The van der Waals surface area contributed by atoms with E-state index >= 15 is 0 Å². The van der Waals surface area contributed by atoms with Gasteiger partial charge < -0.3 is 5.32 Å². The maximum Gasteiger partial charge on any atom is 0.269 e. The Morgan fingerprint density at radius 1 is 0.818 bits per heavy atom. The largest absolute Gasteiger partial charge is 0.313 e. The molecule has 0 saturated carbocycles. The number of nitrogens with zero attached hydrogens (tertiary/aromatic N) is 1. The molecular weight excluding hydrogens is 436 g/mol. The van der Waals surface area contributed by atoms with Crippen molar-refractivity contribution in [1.82, 2.24) is 0 Å².